The third kappa shape index (κ3) is 7.94. The van der Waals surface area contributed by atoms with E-state index < -0.39 is 6.04 Å². The first kappa shape index (κ1) is 29.3. The molecule has 1 aromatic heterocycles. The van der Waals surface area contributed by atoms with Crippen LogP contribution in [0.1, 0.15) is 29.0 Å². The average Bonchev–Trinajstić information content (AvgIpc) is 3.49. The number of amides is 2. The first-order valence-electron chi connectivity index (χ1n) is 13.3. The van der Waals surface area contributed by atoms with Crippen LogP contribution >= 0.6 is 22.9 Å². The fourth-order valence-corrected chi connectivity index (χ4v) is 5.47. The topological polar surface area (TPSA) is 70.7 Å². The highest BCUT2D eigenvalue weighted by atomic mass is 35.5. The Kier molecular flexibility index (Phi) is 10.7. The molecule has 0 bridgehead atoms. The highest BCUT2D eigenvalue weighted by molar-refractivity contribution is 7.10. The lowest BCUT2D eigenvalue weighted by Gasteiger charge is -2.31. The van der Waals surface area contributed by atoms with E-state index in [1.54, 1.807) is 12.1 Å². The number of carbonyl (C=O) groups is 2. The maximum atomic E-state index is 13.6. The van der Waals surface area contributed by atoms with E-state index in [1.807, 2.05) is 79.0 Å². The molecule has 6 nitrogen and oxygen atoms in total. The molecular formula is C32H34ClN3O3S. The maximum absolute atomic E-state index is 13.6. The standard InChI is InChI=1S/C32H34ClN3O3S/c1-23-20-27(39-26-12-7-4-8-13-26)15-16-28(23)36(30(37)22-33)31(29-14-9-19-40-29)32(38)35-18-17-34-24(2)21-25-10-5-3-6-11-25/h3-16,19-20,24,31,34H,17-18,21-22H2,1-2H3,(H,35,38). The van der Waals surface area contributed by atoms with E-state index in [2.05, 4.69) is 29.7 Å². The summed E-state index contributed by atoms with van der Waals surface area (Å²) in [7, 11) is 0. The maximum Gasteiger partial charge on any atom is 0.248 e. The molecule has 0 spiro atoms. The van der Waals surface area contributed by atoms with Gasteiger partial charge in [0.1, 0.15) is 23.4 Å². The lowest BCUT2D eigenvalue weighted by atomic mass is 10.1. The van der Waals surface area contributed by atoms with Crippen LogP contribution in [0.3, 0.4) is 0 Å². The summed E-state index contributed by atoms with van der Waals surface area (Å²) in [6.45, 7) is 5.04. The van der Waals surface area contributed by atoms with Crippen molar-refractivity contribution < 1.29 is 14.3 Å². The molecule has 1 heterocycles. The van der Waals surface area contributed by atoms with Gasteiger partial charge in [0.15, 0.2) is 0 Å². The average molecular weight is 576 g/mol. The molecule has 4 aromatic rings. The number of ether oxygens (including phenoxy) is 1. The van der Waals surface area contributed by atoms with E-state index in [1.165, 1.54) is 21.8 Å². The van der Waals surface area contributed by atoms with Crippen molar-refractivity contribution in [3.8, 4) is 11.5 Å². The zero-order valence-corrected chi connectivity index (χ0v) is 24.3. The largest absolute Gasteiger partial charge is 0.457 e. The molecule has 0 aliphatic heterocycles. The highest BCUT2D eigenvalue weighted by Gasteiger charge is 2.34. The van der Waals surface area contributed by atoms with Gasteiger partial charge < -0.3 is 15.4 Å². The molecule has 0 aliphatic rings. The van der Waals surface area contributed by atoms with Gasteiger partial charge in [-0.05, 0) is 73.2 Å². The van der Waals surface area contributed by atoms with Gasteiger partial charge in [-0.1, -0.05) is 54.6 Å². The number of anilines is 1. The lowest BCUT2D eigenvalue weighted by molar-refractivity contribution is -0.125. The van der Waals surface area contributed by atoms with Crippen LogP contribution < -0.4 is 20.3 Å². The fraction of sp³-hybridized carbons (Fsp3) is 0.250. The van der Waals surface area contributed by atoms with Crippen molar-refractivity contribution in [1.29, 1.82) is 0 Å². The highest BCUT2D eigenvalue weighted by Crippen LogP contribution is 2.35. The number of nitrogens with zero attached hydrogens (tertiary/aromatic N) is 1. The number of carbonyl (C=O) groups excluding carboxylic acids is 2. The predicted octanol–water partition coefficient (Wildman–Crippen LogP) is 6.50. The number of alkyl halides is 1. The first-order valence-corrected chi connectivity index (χ1v) is 14.7. The van der Waals surface area contributed by atoms with Crippen LogP contribution in [0.25, 0.3) is 0 Å². The van der Waals surface area contributed by atoms with E-state index in [0.29, 0.717) is 30.3 Å². The molecule has 2 atom stereocenters. The SMILES string of the molecule is Cc1cc(Oc2ccccc2)ccc1N(C(=O)CCl)C(C(=O)NCCNC(C)Cc1ccccc1)c1cccs1. The molecule has 2 unspecified atom stereocenters. The number of halogens is 1. The van der Waals surface area contributed by atoms with Gasteiger partial charge in [-0.2, -0.15) is 0 Å². The zero-order valence-electron chi connectivity index (χ0n) is 22.7. The second-order valence-corrected chi connectivity index (χ2v) is 10.8. The molecule has 2 amide bonds. The summed E-state index contributed by atoms with van der Waals surface area (Å²) in [6, 6.07) is 28.4. The van der Waals surface area contributed by atoms with E-state index >= 15 is 0 Å². The zero-order chi connectivity index (χ0) is 28.3. The molecule has 8 heteroatoms. The van der Waals surface area contributed by atoms with E-state index in [0.717, 1.165) is 16.9 Å². The Morgan fingerprint density at radius 3 is 2.30 bits per heavy atom. The minimum atomic E-state index is -0.854. The Morgan fingerprint density at radius 1 is 0.925 bits per heavy atom. The van der Waals surface area contributed by atoms with Crippen molar-refractivity contribution in [2.45, 2.75) is 32.4 Å². The number of hydrogen-bond acceptors (Lipinski definition) is 5. The molecule has 2 N–H and O–H groups in total. The Balaban J connectivity index is 1.48. The number of thiophene rings is 1. The summed E-state index contributed by atoms with van der Waals surface area (Å²) in [5.74, 6) is 0.478. The van der Waals surface area contributed by atoms with Gasteiger partial charge in [-0.3, -0.25) is 14.5 Å². The second kappa shape index (κ2) is 14.7. The predicted molar refractivity (Wildman–Crippen MR) is 164 cm³/mol. The van der Waals surface area contributed by atoms with Crippen molar-refractivity contribution in [3.05, 3.63) is 112 Å². The Hall–Kier alpha value is -3.65. The van der Waals surface area contributed by atoms with Gasteiger partial charge in [0.05, 0.1) is 0 Å². The molecule has 0 aliphatic carbocycles. The van der Waals surface area contributed by atoms with E-state index in [-0.39, 0.29) is 23.7 Å². The second-order valence-electron chi connectivity index (χ2n) is 9.51. The van der Waals surface area contributed by atoms with Crippen LogP contribution in [-0.4, -0.2) is 36.8 Å². The molecular weight excluding hydrogens is 542 g/mol. The first-order chi connectivity index (χ1) is 19.5. The number of aryl methyl sites for hydroxylation is 1. The van der Waals surface area contributed by atoms with Gasteiger partial charge in [0.25, 0.3) is 0 Å². The molecule has 4 rings (SSSR count). The van der Waals surface area contributed by atoms with Gasteiger partial charge in [0, 0.05) is 29.7 Å². The number of para-hydroxylation sites is 1. The van der Waals surface area contributed by atoms with Gasteiger partial charge in [0.2, 0.25) is 11.8 Å². The minimum absolute atomic E-state index is 0.251. The monoisotopic (exact) mass is 575 g/mol. The quantitative estimate of drug-likeness (QED) is 0.141. The van der Waals surface area contributed by atoms with Crippen LogP contribution in [0.15, 0.2) is 96.4 Å². The van der Waals surface area contributed by atoms with Crippen molar-refractivity contribution >= 4 is 40.4 Å². The minimum Gasteiger partial charge on any atom is -0.457 e. The summed E-state index contributed by atoms with van der Waals surface area (Å²) < 4.78 is 5.97. The number of benzene rings is 3. The molecule has 40 heavy (non-hydrogen) atoms. The van der Waals surface area contributed by atoms with Crippen LogP contribution in [0, 0.1) is 6.92 Å². The third-order valence-electron chi connectivity index (χ3n) is 6.41. The van der Waals surface area contributed by atoms with Crippen molar-refractivity contribution in [3.63, 3.8) is 0 Å². The summed E-state index contributed by atoms with van der Waals surface area (Å²) in [5.41, 5.74) is 2.65. The van der Waals surface area contributed by atoms with Crippen LogP contribution in [0.5, 0.6) is 11.5 Å². The Labute approximate surface area is 244 Å². The normalized spacial score (nSPS) is 12.4. The summed E-state index contributed by atoms with van der Waals surface area (Å²) in [6.07, 6.45) is 0.897. The molecule has 0 fully saturated rings. The van der Waals surface area contributed by atoms with Crippen molar-refractivity contribution in [2.75, 3.05) is 23.9 Å². The smallest absolute Gasteiger partial charge is 0.248 e. The van der Waals surface area contributed by atoms with Crippen LogP contribution in [-0.2, 0) is 16.0 Å². The van der Waals surface area contributed by atoms with E-state index in [9.17, 15) is 9.59 Å². The summed E-state index contributed by atoms with van der Waals surface area (Å²) >= 11 is 7.50. The van der Waals surface area contributed by atoms with Gasteiger partial charge in [-0.25, -0.2) is 0 Å². The molecule has 0 saturated carbocycles. The Bertz CT molecular complexity index is 1370. The Morgan fingerprint density at radius 2 is 1.65 bits per heavy atom. The lowest BCUT2D eigenvalue weighted by Crippen LogP contribution is -2.46. The van der Waals surface area contributed by atoms with Crippen molar-refractivity contribution in [1.82, 2.24) is 10.6 Å². The van der Waals surface area contributed by atoms with Gasteiger partial charge >= 0.3 is 0 Å². The summed E-state index contributed by atoms with van der Waals surface area (Å²) in [5, 5.41) is 8.39. The third-order valence-corrected chi connectivity index (χ3v) is 7.56. The van der Waals surface area contributed by atoms with Crippen molar-refractivity contribution in [2.24, 2.45) is 0 Å². The molecule has 3 aromatic carbocycles. The van der Waals surface area contributed by atoms with Gasteiger partial charge in [-0.15, -0.1) is 22.9 Å². The molecule has 208 valence electrons. The number of nitrogens with one attached hydrogen (secondary N) is 2. The number of hydrogen-bond donors (Lipinski definition) is 2. The molecule has 0 radical (unpaired) electrons. The summed E-state index contributed by atoms with van der Waals surface area (Å²) in [4.78, 5) is 29.1. The van der Waals surface area contributed by atoms with Crippen LogP contribution in [0.2, 0.25) is 0 Å². The molecule has 0 saturated heterocycles. The van der Waals surface area contributed by atoms with E-state index in [4.69, 9.17) is 16.3 Å². The number of rotatable bonds is 13. The van der Waals surface area contributed by atoms with Crippen LogP contribution in [0.4, 0.5) is 5.69 Å². The fourth-order valence-electron chi connectivity index (χ4n) is 4.53.